The van der Waals surface area contributed by atoms with Gasteiger partial charge in [0.2, 0.25) is 0 Å². The van der Waals surface area contributed by atoms with Gasteiger partial charge in [-0.25, -0.2) is 0 Å². The molecule has 5 nitrogen and oxygen atoms in total. The second kappa shape index (κ2) is 18.3. The zero-order chi connectivity index (χ0) is 21.2. The van der Waals surface area contributed by atoms with Gasteiger partial charge in [0.25, 0.3) is 0 Å². The summed E-state index contributed by atoms with van der Waals surface area (Å²) >= 11 is 0. The van der Waals surface area contributed by atoms with Crippen LogP contribution >= 0.6 is 0 Å². The van der Waals surface area contributed by atoms with Crippen LogP contribution in [0, 0.1) is 0 Å². The fraction of sp³-hybridized carbons (Fsp3) is 0.917. The van der Waals surface area contributed by atoms with Crippen molar-refractivity contribution in [1.82, 2.24) is 0 Å². The lowest BCUT2D eigenvalue weighted by atomic mass is 10.0. The summed E-state index contributed by atoms with van der Waals surface area (Å²) in [6, 6.07) is 0. The number of unbranched alkanes of at least 4 members (excludes halogenated alkanes) is 13. The van der Waals surface area contributed by atoms with Crippen molar-refractivity contribution in [1.29, 1.82) is 0 Å². The topological polar surface area (TPSA) is 79.2 Å². The largest absolute Gasteiger partial charge is 0.394 e. The highest BCUT2D eigenvalue weighted by Crippen LogP contribution is 2.19. The summed E-state index contributed by atoms with van der Waals surface area (Å²) in [5.74, 6) is 0. The quantitative estimate of drug-likeness (QED) is 0.227. The molecule has 0 aliphatic carbocycles. The third-order valence-corrected chi connectivity index (χ3v) is 5.82. The van der Waals surface area contributed by atoms with Gasteiger partial charge in [0.05, 0.1) is 13.2 Å². The van der Waals surface area contributed by atoms with Gasteiger partial charge < -0.3 is 24.8 Å². The van der Waals surface area contributed by atoms with Crippen LogP contribution < -0.4 is 0 Å². The maximum atomic E-state index is 10.1. The first-order chi connectivity index (χ1) is 14.2. The zero-order valence-electron chi connectivity index (χ0n) is 18.6. The molecule has 3 N–H and O–H groups in total. The van der Waals surface area contributed by atoms with E-state index in [1.807, 2.05) is 0 Å². The number of ether oxygens (including phenoxy) is 2. The van der Waals surface area contributed by atoms with Gasteiger partial charge in [-0.05, 0) is 26.2 Å². The van der Waals surface area contributed by atoms with Crippen LogP contribution in [0.3, 0.4) is 0 Å². The molecule has 0 aromatic heterocycles. The molecule has 1 fully saturated rings. The molecular formula is C24H46O5. The third kappa shape index (κ3) is 12.7. The minimum atomic E-state index is -0.970. The molecule has 1 heterocycles. The van der Waals surface area contributed by atoms with E-state index >= 15 is 0 Å². The molecule has 0 spiro atoms. The minimum Gasteiger partial charge on any atom is -0.394 e. The van der Waals surface area contributed by atoms with Crippen LogP contribution in [-0.2, 0) is 9.47 Å². The van der Waals surface area contributed by atoms with Crippen molar-refractivity contribution in [2.45, 2.75) is 121 Å². The van der Waals surface area contributed by atoms with Crippen LogP contribution in [0.25, 0.3) is 0 Å². The Labute approximate surface area is 178 Å². The maximum absolute atomic E-state index is 10.1. The summed E-state index contributed by atoms with van der Waals surface area (Å²) in [6.07, 6.45) is 19.4. The van der Waals surface area contributed by atoms with Crippen LogP contribution in [0.2, 0.25) is 0 Å². The first-order valence-corrected chi connectivity index (χ1v) is 12.0. The summed E-state index contributed by atoms with van der Waals surface area (Å²) in [4.78, 5) is 0. The summed E-state index contributed by atoms with van der Waals surface area (Å²) in [6.45, 7) is 2.47. The average Bonchev–Trinajstić information content (AvgIpc) is 2.72. The van der Waals surface area contributed by atoms with Gasteiger partial charge in [0, 0.05) is 6.61 Å². The predicted molar refractivity (Wildman–Crippen MR) is 118 cm³/mol. The number of aliphatic hydroxyl groups is 3. The second-order valence-electron chi connectivity index (χ2n) is 8.40. The van der Waals surface area contributed by atoms with E-state index in [1.54, 1.807) is 0 Å². The van der Waals surface area contributed by atoms with E-state index in [2.05, 4.69) is 19.1 Å². The Morgan fingerprint density at radius 2 is 1.34 bits per heavy atom. The van der Waals surface area contributed by atoms with Gasteiger partial charge in [-0.15, -0.1) is 0 Å². The summed E-state index contributed by atoms with van der Waals surface area (Å²) in [7, 11) is 0. The molecule has 0 radical (unpaired) electrons. The Hall–Kier alpha value is -0.460. The normalized spacial score (nSPS) is 25.1. The van der Waals surface area contributed by atoms with Crippen molar-refractivity contribution in [3.63, 3.8) is 0 Å². The summed E-state index contributed by atoms with van der Waals surface area (Å²) < 4.78 is 10.9. The maximum Gasteiger partial charge on any atom is 0.114 e. The molecule has 0 aromatic rings. The third-order valence-electron chi connectivity index (χ3n) is 5.82. The van der Waals surface area contributed by atoms with Crippen molar-refractivity contribution in [3.05, 3.63) is 12.2 Å². The van der Waals surface area contributed by atoms with Gasteiger partial charge in [-0.1, -0.05) is 82.8 Å². The summed E-state index contributed by atoms with van der Waals surface area (Å²) in [5, 5.41) is 29.1. The van der Waals surface area contributed by atoms with Crippen molar-refractivity contribution >= 4 is 0 Å². The van der Waals surface area contributed by atoms with Gasteiger partial charge in [0.15, 0.2) is 0 Å². The lowest BCUT2D eigenvalue weighted by Crippen LogP contribution is -2.55. The smallest absolute Gasteiger partial charge is 0.114 e. The number of allylic oxidation sites excluding steroid dienone is 2. The van der Waals surface area contributed by atoms with Crippen LogP contribution in [0.4, 0.5) is 0 Å². The molecule has 0 bridgehead atoms. The Kier molecular flexibility index (Phi) is 16.8. The van der Waals surface area contributed by atoms with Crippen LogP contribution in [-0.4, -0.2) is 59.6 Å². The monoisotopic (exact) mass is 414 g/mol. The molecule has 1 rings (SSSR count). The molecule has 29 heavy (non-hydrogen) atoms. The van der Waals surface area contributed by atoms with Crippen LogP contribution in [0.15, 0.2) is 12.2 Å². The number of hydrogen-bond donors (Lipinski definition) is 3. The molecular weight excluding hydrogens is 368 g/mol. The Morgan fingerprint density at radius 3 is 1.86 bits per heavy atom. The van der Waals surface area contributed by atoms with E-state index in [-0.39, 0.29) is 13.2 Å². The van der Waals surface area contributed by atoms with Crippen molar-refractivity contribution in [2.75, 3.05) is 19.8 Å². The molecule has 0 saturated carbocycles. The molecule has 0 unspecified atom stereocenters. The highest BCUT2D eigenvalue weighted by Gasteiger charge is 2.38. The van der Waals surface area contributed by atoms with E-state index < -0.39 is 24.4 Å². The van der Waals surface area contributed by atoms with Crippen LogP contribution in [0.5, 0.6) is 0 Å². The molecule has 1 saturated heterocycles. The highest BCUT2D eigenvalue weighted by atomic mass is 16.6. The van der Waals surface area contributed by atoms with Gasteiger partial charge in [-0.3, -0.25) is 0 Å². The molecule has 4 atom stereocenters. The molecule has 172 valence electrons. The Morgan fingerprint density at radius 1 is 0.828 bits per heavy atom. The predicted octanol–water partition coefficient (Wildman–Crippen LogP) is 4.52. The molecule has 0 amide bonds. The van der Waals surface area contributed by atoms with Gasteiger partial charge in [-0.2, -0.15) is 0 Å². The van der Waals surface area contributed by atoms with E-state index in [9.17, 15) is 10.2 Å². The van der Waals surface area contributed by atoms with E-state index in [0.717, 1.165) is 12.8 Å². The number of rotatable bonds is 18. The second-order valence-corrected chi connectivity index (χ2v) is 8.40. The fourth-order valence-corrected chi connectivity index (χ4v) is 3.92. The minimum absolute atomic E-state index is 0.101. The van der Waals surface area contributed by atoms with Crippen molar-refractivity contribution < 1.29 is 24.8 Å². The molecule has 5 heteroatoms. The number of aliphatic hydroxyl groups excluding tert-OH is 3. The standard InChI is InChI=1S/C24H46O5/c1-2-3-4-5-6-7-8-9-10-11-12-13-14-15-16-17-18-28-24-21(26)20-29-22(19-25)23(24)27/h2-3,21-27H,4-20H2,1H3/b3-2+/t21-,22+,23+,24+/m1/s1. The first kappa shape index (κ1) is 26.6. The lowest BCUT2D eigenvalue weighted by molar-refractivity contribution is -0.210. The summed E-state index contributed by atoms with van der Waals surface area (Å²) in [5.41, 5.74) is 0. The molecule has 1 aliphatic heterocycles. The Balaban J connectivity index is 1.83. The Bertz CT molecular complexity index is 387. The highest BCUT2D eigenvalue weighted by molar-refractivity contribution is 4.87. The van der Waals surface area contributed by atoms with Crippen molar-refractivity contribution in [2.24, 2.45) is 0 Å². The fourth-order valence-electron chi connectivity index (χ4n) is 3.92. The SMILES string of the molecule is C/C=C/CCCCCCCCCCCCCCCO[C@@H]1[C@@H](O)[C@H](CO)OC[C@H]1O. The molecule has 0 aromatic carbocycles. The zero-order valence-corrected chi connectivity index (χ0v) is 18.6. The average molecular weight is 415 g/mol. The molecule has 1 aliphatic rings. The lowest BCUT2D eigenvalue weighted by Gasteiger charge is -2.37. The van der Waals surface area contributed by atoms with E-state index in [4.69, 9.17) is 14.6 Å². The van der Waals surface area contributed by atoms with Crippen LogP contribution in [0.1, 0.15) is 96.8 Å². The van der Waals surface area contributed by atoms with E-state index in [0.29, 0.717) is 6.61 Å². The first-order valence-electron chi connectivity index (χ1n) is 12.0. The van der Waals surface area contributed by atoms with Gasteiger partial charge >= 0.3 is 0 Å². The van der Waals surface area contributed by atoms with Crippen molar-refractivity contribution in [3.8, 4) is 0 Å². The number of hydrogen-bond acceptors (Lipinski definition) is 5. The van der Waals surface area contributed by atoms with Gasteiger partial charge in [0.1, 0.15) is 24.4 Å². The van der Waals surface area contributed by atoms with E-state index in [1.165, 1.54) is 77.0 Å².